The summed E-state index contributed by atoms with van der Waals surface area (Å²) in [6.45, 7) is 0.120. The molecule has 0 unspecified atom stereocenters. The Morgan fingerprint density at radius 1 is 1.50 bits per heavy atom. The highest BCUT2D eigenvalue weighted by Gasteiger charge is 2.15. The number of benzene rings is 1. The molecule has 78 valence electrons. The van der Waals surface area contributed by atoms with Crippen molar-refractivity contribution in [3.8, 4) is 11.5 Å². The minimum Gasteiger partial charge on any atom is -0.504 e. The molecule has 1 rings (SSSR count). The van der Waals surface area contributed by atoms with Crippen LogP contribution in [0.1, 0.15) is 5.56 Å². The largest absolute Gasteiger partial charge is 0.504 e. The molecule has 1 aromatic carbocycles. The van der Waals surface area contributed by atoms with Gasteiger partial charge in [-0.25, -0.2) is 10.3 Å². The highest BCUT2D eigenvalue weighted by Crippen LogP contribution is 2.36. The van der Waals surface area contributed by atoms with Crippen molar-refractivity contribution < 1.29 is 19.4 Å². The predicted octanol–water partition coefficient (Wildman–Crippen LogP) is 1.43. The van der Waals surface area contributed by atoms with E-state index < -0.39 is 11.6 Å². The molecule has 0 amide bonds. The van der Waals surface area contributed by atoms with Crippen LogP contribution in [0.2, 0.25) is 0 Å². The minimum absolute atomic E-state index is 0.102. The van der Waals surface area contributed by atoms with E-state index in [0.29, 0.717) is 0 Å². The van der Waals surface area contributed by atoms with Crippen LogP contribution in [-0.2, 0) is 11.3 Å². The molecule has 0 spiro atoms. The minimum atomic E-state index is -0.646. The number of rotatable bonds is 3. The molecular weight excluding hydrogens is 257 g/mol. The molecule has 0 fully saturated rings. The summed E-state index contributed by atoms with van der Waals surface area (Å²) in [6, 6.07) is 0.826. The van der Waals surface area contributed by atoms with E-state index in [0.717, 1.165) is 6.07 Å². The Hall–Kier alpha value is -0.850. The van der Waals surface area contributed by atoms with Crippen molar-refractivity contribution in [2.45, 2.75) is 6.42 Å². The molecule has 0 aliphatic heterocycles. The molecule has 14 heavy (non-hydrogen) atoms. The zero-order chi connectivity index (χ0) is 10.7. The normalized spacial score (nSPS) is 10.5. The van der Waals surface area contributed by atoms with Gasteiger partial charge in [-0.1, -0.05) is 0 Å². The van der Waals surface area contributed by atoms with Crippen LogP contribution in [0.3, 0.4) is 0 Å². The van der Waals surface area contributed by atoms with Gasteiger partial charge in [-0.2, -0.15) is 0 Å². The van der Waals surface area contributed by atoms with Gasteiger partial charge in [0.1, 0.15) is 5.82 Å². The van der Waals surface area contributed by atoms with E-state index >= 15 is 0 Å². The van der Waals surface area contributed by atoms with Crippen LogP contribution in [0.15, 0.2) is 10.5 Å². The number of hydrogen-bond acceptors (Lipinski definition) is 4. The van der Waals surface area contributed by atoms with Crippen LogP contribution in [0.5, 0.6) is 11.5 Å². The van der Waals surface area contributed by atoms with E-state index in [2.05, 4.69) is 20.8 Å². The Balaban J connectivity index is 3.11. The van der Waals surface area contributed by atoms with Gasteiger partial charge < -0.3 is 15.1 Å². The molecule has 0 bridgehead atoms. The van der Waals surface area contributed by atoms with E-state index in [4.69, 9.17) is 11.0 Å². The number of halogens is 2. The maximum Gasteiger partial charge on any atom is 0.162 e. The van der Waals surface area contributed by atoms with Gasteiger partial charge in [0.2, 0.25) is 0 Å². The van der Waals surface area contributed by atoms with E-state index in [-0.39, 0.29) is 28.8 Å². The molecule has 0 aromatic heterocycles. The number of aromatic hydroxyl groups is 2. The summed E-state index contributed by atoms with van der Waals surface area (Å²) in [5.41, 5.74) is 0.230. The maximum absolute atomic E-state index is 13.1. The number of hydrogen-bond donors (Lipinski definition) is 3. The second-order valence-corrected chi connectivity index (χ2v) is 3.43. The van der Waals surface area contributed by atoms with E-state index in [1.807, 2.05) is 0 Å². The summed E-state index contributed by atoms with van der Waals surface area (Å²) in [5.74, 6) is 3.29. The summed E-state index contributed by atoms with van der Waals surface area (Å²) >= 11 is 2.95. The molecule has 4 nitrogen and oxygen atoms in total. The van der Waals surface area contributed by atoms with Crippen LogP contribution in [0.25, 0.3) is 0 Å². The van der Waals surface area contributed by atoms with Crippen LogP contribution >= 0.6 is 15.9 Å². The molecule has 0 radical (unpaired) electrons. The molecule has 0 atom stereocenters. The topological polar surface area (TPSA) is 75.7 Å². The summed E-state index contributed by atoms with van der Waals surface area (Å²) in [6.07, 6.45) is 0.203. The first-order valence-electron chi connectivity index (χ1n) is 3.78. The first-order chi connectivity index (χ1) is 6.57. The van der Waals surface area contributed by atoms with Crippen LogP contribution in [-0.4, -0.2) is 16.8 Å². The second-order valence-electron chi connectivity index (χ2n) is 2.64. The molecule has 0 aliphatic rings. The monoisotopic (exact) mass is 265 g/mol. The van der Waals surface area contributed by atoms with E-state index in [1.165, 1.54) is 0 Å². The number of phenolic OH excluding ortho intramolecular Hbond substituents is 2. The van der Waals surface area contributed by atoms with Crippen molar-refractivity contribution in [2.75, 3.05) is 6.61 Å². The predicted molar refractivity (Wildman–Crippen MR) is 51.3 cm³/mol. The van der Waals surface area contributed by atoms with Crippen molar-refractivity contribution in [3.05, 3.63) is 21.9 Å². The average molecular weight is 266 g/mol. The number of nitrogens with two attached hydrogens (primary N) is 1. The van der Waals surface area contributed by atoms with Crippen LogP contribution < -0.4 is 5.90 Å². The third kappa shape index (κ3) is 2.14. The Bertz CT molecular complexity index is 320. The van der Waals surface area contributed by atoms with Crippen molar-refractivity contribution >= 4 is 15.9 Å². The van der Waals surface area contributed by atoms with Crippen molar-refractivity contribution in [2.24, 2.45) is 5.90 Å². The highest BCUT2D eigenvalue weighted by molar-refractivity contribution is 9.10. The fraction of sp³-hybridized carbons (Fsp3) is 0.250. The average Bonchev–Trinajstić information content (AvgIpc) is 2.15. The first-order valence-corrected chi connectivity index (χ1v) is 4.57. The summed E-state index contributed by atoms with van der Waals surface area (Å²) < 4.78 is 13.2. The number of phenols is 2. The fourth-order valence-corrected chi connectivity index (χ4v) is 1.54. The third-order valence-electron chi connectivity index (χ3n) is 1.74. The Labute approximate surface area is 88.2 Å². The van der Waals surface area contributed by atoms with Gasteiger partial charge in [-0.15, -0.1) is 0 Å². The van der Waals surface area contributed by atoms with Crippen molar-refractivity contribution in [1.82, 2.24) is 0 Å². The van der Waals surface area contributed by atoms with Gasteiger partial charge in [-0.3, -0.25) is 0 Å². The second kappa shape index (κ2) is 4.59. The maximum atomic E-state index is 13.1. The molecule has 0 aliphatic carbocycles. The molecule has 4 N–H and O–H groups in total. The molecular formula is C8H9BrFNO3. The van der Waals surface area contributed by atoms with Gasteiger partial charge >= 0.3 is 0 Å². The zero-order valence-corrected chi connectivity index (χ0v) is 8.71. The Kier molecular flexibility index (Phi) is 3.68. The molecule has 0 saturated carbocycles. The van der Waals surface area contributed by atoms with Crippen LogP contribution in [0, 0.1) is 5.82 Å². The van der Waals surface area contributed by atoms with E-state index in [9.17, 15) is 9.50 Å². The lowest BCUT2D eigenvalue weighted by Crippen LogP contribution is -2.05. The summed E-state index contributed by atoms with van der Waals surface area (Å²) in [4.78, 5) is 4.30. The quantitative estimate of drug-likeness (QED) is 0.571. The van der Waals surface area contributed by atoms with Crippen molar-refractivity contribution in [3.63, 3.8) is 0 Å². The van der Waals surface area contributed by atoms with Crippen molar-refractivity contribution in [1.29, 1.82) is 0 Å². The zero-order valence-electron chi connectivity index (χ0n) is 7.13. The smallest absolute Gasteiger partial charge is 0.162 e. The lowest BCUT2D eigenvalue weighted by molar-refractivity contribution is 0.140. The SMILES string of the molecule is NOCCc1c(O)c(O)cc(F)c1Br. The van der Waals surface area contributed by atoms with Gasteiger partial charge in [0.25, 0.3) is 0 Å². The molecule has 0 saturated heterocycles. The van der Waals surface area contributed by atoms with Gasteiger partial charge in [-0.05, 0) is 15.9 Å². The molecule has 6 heteroatoms. The van der Waals surface area contributed by atoms with Gasteiger partial charge in [0, 0.05) is 18.1 Å². The molecule has 1 aromatic rings. The Morgan fingerprint density at radius 3 is 2.71 bits per heavy atom. The van der Waals surface area contributed by atoms with Crippen LogP contribution in [0.4, 0.5) is 4.39 Å². The lowest BCUT2D eigenvalue weighted by Gasteiger charge is -2.08. The van der Waals surface area contributed by atoms with Gasteiger partial charge in [0.05, 0.1) is 11.1 Å². The molecule has 0 heterocycles. The summed E-state index contributed by atoms with van der Waals surface area (Å²) in [5, 5.41) is 18.5. The van der Waals surface area contributed by atoms with Gasteiger partial charge in [0.15, 0.2) is 11.5 Å². The third-order valence-corrected chi connectivity index (χ3v) is 2.59. The fourth-order valence-electron chi connectivity index (χ4n) is 1.04. The van der Waals surface area contributed by atoms with E-state index in [1.54, 1.807) is 0 Å². The lowest BCUT2D eigenvalue weighted by atomic mass is 10.1. The Morgan fingerprint density at radius 2 is 2.14 bits per heavy atom. The highest BCUT2D eigenvalue weighted by atomic mass is 79.9. The summed E-state index contributed by atoms with van der Waals surface area (Å²) in [7, 11) is 0. The standard InChI is InChI=1S/C8H9BrFNO3/c9-7-4(1-2-14-11)8(13)6(12)3-5(7)10/h3,12-13H,1-2,11H2. The first kappa shape index (κ1) is 11.2.